The molecule has 19 nitrogen and oxygen atoms in total. The van der Waals surface area contributed by atoms with Crippen molar-refractivity contribution >= 4 is 0 Å². The number of rotatable bonds is 0. The van der Waals surface area contributed by atoms with Crippen molar-refractivity contribution in [2.24, 2.45) is 0 Å². The summed E-state index contributed by atoms with van der Waals surface area (Å²) >= 11 is 0. The molecule has 0 spiro atoms. The number of allylic oxidation sites excluding steroid dienone is 4. The highest BCUT2D eigenvalue weighted by atomic mass is 16.3. The minimum Gasteiger partial charge on any atom is -0.507 e. The number of aliphatic hydroxyl groups is 1. The van der Waals surface area contributed by atoms with Gasteiger partial charge in [-0.05, 0) is 73.5 Å². The van der Waals surface area contributed by atoms with Gasteiger partial charge in [-0.1, -0.05) is 11.1 Å². The van der Waals surface area contributed by atoms with Crippen LogP contribution >= 0.6 is 0 Å². The normalized spacial score (nSPS) is 11.4. The van der Waals surface area contributed by atoms with Gasteiger partial charge >= 0.3 is 0 Å². The second kappa shape index (κ2) is 17.6. The predicted octanol–water partition coefficient (Wildman–Crippen LogP) is -3.15. The second-order valence-electron chi connectivity index (χ2n) is 12.2. The number of aromatic hydroxyl groups is 4. The van der Waals surface area contributed by atoms with Crippen molar-refractivity contribution in [3.05, 3.63) is 199 Å². The van der Waals surface area contributed by atoms with Crippen molar-refractivity contribution in [2.75, 3.05) is 0 Å². The van der Waals surface area contributed by atoms with Crippen LogP contribution in [-0.4, -0.2) is 25.5 Å². The van der Waals surface area contributed by atoms with Crippen LogP contribution in [0, 0.1) is 27.7 Å². The van der Waals surface area contributed by atoms with Crippen molar-refractivity contribution in [1.82, 2.24) is 0 Å². The molecule has 0 atom stereocenters. The maximum absolute atomic E-state index is 11.0. The van der Waals surface area contributed by atoms with Crippen LogP contribution in [0.25, 0.3) is 0 Å². The van der Waals surface area contributed by atoms with Gasteiger partial charge in [0, 0.05) is 27.8 Å². The molecule has 0 saturated carbocycles. The number of aliphatic hydroxyl groups excluding tert-OH is 1. The lowest BCUT2D eigenvalue weighted by atomic mass is 9.80. The average Bonchev–Trinajstić information content (AvgIpc) is 3.32. The van der Waals surface area contributed by atoms with E-state index in [1.807, 2.05) is 20.8 Å². The van der Waals surface area contributed by atoms with E-state index in [0.29, 0.717) is 5.76 Å². The summed E-state index contributed by atoms with van der Waals surface area (Å²) in [6, 6.07) is 0. The van der Waals surface area contributed by atoms with Gasteiger partial charge in [0.05, 0.1) is 0 Å². The topological polar surface area (TPSA) is 340 Å². The number of benzene rings is 1. The zero-order chi connectivity index (χ0) is 44.2. The molecule has 19 heteroatoms. The smallest absolute Gasteiger partial charge is 0.281 e. The van der Waals surface area contributed by atoms with E-state index in [9.17, 15) is 72.2 Å². The van der Waals surface area contributed by atoms with Gasteiger partial charge in [-0.3, -0.25) is 67.1 Å². The third-order valence-electron chi connectivity index (χ3n) is 7.92. The lowest BCUT2D eigenvalue weighted by Crippen LogP contribution is -2.47. The Hall–Kier alpha value is -7.44. The van der Waals surface area contributed by atoms with Gasteiger partial charge in [-0.25, -0.2) is 0 Å². The van der Waals surface area contributed by atoms with Crippen molar-refractivity contribution in [3.8, 4) is 23.0 Å². The zero-order valence-corrected chi connectivity index (χ0v) is 31.0. The van der Waals surface area contributed by atoms with Crippen LogP contribution in [0.2, 0.25) is 0 Å². The summed E-state index contributed by atoms with van der Waals surface area (Å²) in [6.45, 7) is 14.9. The predicted molar refractivity (Wildman–Crippen MR) is 201 cm³/mol. The Kier molecular flexibility index (Phi) is 14.6. The molecule has 4 aromatic rings. The standard InChI is InChI=1S/C11H16O.C8H4O6.C7H4O5.C6H4O4.C5H4O3/c1-6(2)9-8(5)11(12)10(9)7(3)4;1-2-3(9)5(11)7(13)8(14)6(12)4(2)10;1-2-3(8)5(10)7(12)6(11)4(2)9;1-2-3(7)5(9)6(10)4(2)8;1-2-3(6)5(8)4(2)7/h12H,1-5H3;9H,1H3;8H,1H3;7H,1H3;6H,1H3. The van der Waals surface area contributed by atoms with Gasteiger partial charge in [0.15, 0.2) is 23.0 Å². The Morgan fingerprint density at radius 3 is 0.643 bits per heavy atom. The summed E-state index contributed by atoms with van der Waals surface area (Å²) in [5.41, 5.74) is -12.7. The monoisotopic (exact) mass is 780 g/mol. The first-order valence-electron chi connectivity index (χ1n) is 15.5. The van der Waals surface area contributed by atoms with Crippen LogP contribution in [0.5, 0.6) is 23.0 Å². The maximum Gasteiger partial charge on any atom is 0.281 e. The van der Waals surface area contributed by atoms with Crippen LogP contribution in [0.3, 0.4) is 0 Å². The Labute approximate surface area is 309 Å². The molecule has 5 N–H and O–H groups in total. The zero-order valence-electron chi connectivity index (χ0n) is 31.0. The molecule has 0 unspecified atom stereocenters. The number of phenolic OH excluding ortho intramolecular Hbond substituents is 1. The first kappa shape index (κ1) is 46.6. The lowest BCUT2D eigenvalue weighted by Gasteiger charge is -2.27. The molecule has 294 valence electrons. The molecular formula is C37H32O19. The first-order chi connectivity index (χ1) is 25.5. The molecule has 0 fully saturated rings. The number of phenols is 1. The highest BCUT2D eigenvalue weighted by Gasteiger charge is 2.27. The molecule has 1 aliphatic carbocycles. The Morgan fingerprint density at radius 1 is 0.286 bits per heavy atom. The van der Waals surface area contributed by atoms with E-state index >= 15 is 0 Å². The summed E-state index contributed by atoms with van der Waals surface area (Å²) in [5, 5.41) is 44.5. The fourth-order valence-corrected chi connectivity index (χ4v) is 4.44. The molecule has 0 bridgehead atoms. The van der Waals surface area contributed by atoms with Gasteiger partial charge < -0.3 is 25.5 Å². The molecule has 0 heterocycles. The van der Waals surface area contributed by atoms with E-state index in [4.69, 9.17) is 20.4 Å². The highest BCUT2D eigenvalue weighted by Crippen LogP contribution is 2.41. The van der Waals surface area contributed by atoms with Crippen LogP contribution in [0.4, 0.5) is 0 Å². The van der Waals surface area contributed by atoms with Crippen molar-refractivity contribution < 1.29 is 25.5 Å². The van der Waals surface area contributed by atoms with E-state index in [1.165, 1.54) is 30.6 Å². The van der Waals surface area contributed by atoms with Gasteiger partial charge in [0.1, 0.15) is 5.76 Å². The molecule has 0 aliphatic heterocycles. The third kappa shape index (κ3) is 8.84. The molecular weight excluding hydrogens is 748 g/mol. The minimum atomic E-state index is -1.71. The summed E-state index contributed by atoms with van der Waals surface area (Å²) in [4.78, 5) is 149. The van der Waals surface area contributed by atoms with E-state index in [-0.39, 0.29) is 22.4 Å². The fourth-order valence-electron chi connectivity index (χ4n) is 4.44. The van der Waals surface area contributed by atoms with Crippen LogP contribution < -0.4 is 76.0 Å². The molecule has 0 aromatic heterocycles. The molecule has 0 radical (unpaired) electrons. The molecule has 0 amide bonds. The largest absolute Gasteiger partial charge is 0.507 e. The summed E-state index contributed by atoms with van der Waals surface area (Å²) in [7, 11) is 0. The van der Waals surface area contributed by atoms with Crippen LogP contribution in [-0.2, 0) is 0 Å². The number of hydrogen-bond donors (Lipinski definition) is 5. The Bertz CT molecular complexity index is 2910. The summed E-state index contributed by atoms with van der Waals surface area (Å²) in [6.07, 6.45) is 0. The van der Waals surface area contributed by atoms with E-state index in [1.54, 1.807) is 0 Å². The SMILES string of the molecule is CC(C)=C1C(C)=C(O)C1=C(C)C.Cc1c(O)c(=O)c(=O)c(=O)c(=O)c1=O.Cc1c(O)c(=O)c(=O)c(=O)c1=O.Cc1c(O)c(=O)c(=O)c1=O.Cc1c(O)c(=O)c1=O. The van der Waals surface area contributed by atoms with Crippen molar-refractivity contribution in [2.45, 2.75) is 62.3 Å². The second-order valence-corrected chi connectivity index (χ2v) is 12.2. The molecule has 1 aliphatic rings. The summed E-state index contributed by atoms with van der Waals surface area (Å²) < 4.78 is 0. The average molecular weight is 781 g/mol. The fraction of sp³-hybridized carbons (Fsp3) is 0.243. The maximum atomic E-state index is 11.0. The number of hydrogen-bond acceptors (Lipinski definition) is 19. The molecule has 56 heavy (non-hydrogen) atoms. The Balaban J connectivity index is 0.000000354. The molecule has 4 aromatic carbocycles. The van der Waals surface area contributed by atoms with Gasteiger partial charge in [0.2, 0.25) is 21.7 Å². The minimum absolute atomic E-state index is 0.157. The molecule has 5 rings (SSSR count). The first-order valence-corrected chi connectivity index (χ1v) is 15.5. The van der Waals surface area contributed by atoms with E-state index in [2.05, 4.69) is 13.8 Å². The van der Waals surface area contributed by atoms with Gasteiger partial charge in [-0.15, -0.1) is 0 Å². The summed E-state index contributed by atoms with van der Waals surface area (Å²) in [5.74, 6) is -2.68. The van der Waals surface area contributed by atoms with Crippen molar-refractivity contribution in [1.29, 1.82) is 0 Å². The molecule has 0 saturated heterocycles. The van der Waals surface area contributed by atoms with E-state index in [0.717, 1.165) is 25.0 Å². The highest BCUT2D eigenvalue weighted by molar-refractivity contribution is 5.68. The van der Waals surface area contributed by atoms with E-state index < -0.39 is 98.8 Å². The van der Waals surface area contributed by atoms with Crippen LogP contribution in [0.1, 0.15) is 56.9 Å². The quantitative estimate of drug-likeness (QED) is 0.110. The van der Waals surface area contributed by atoms with Gasteiger partial charge in [-0.2, -0.15) is 0 Å². The van der Waals surface area contributed by atoms with Crippen molar-refractivity contribution in [3.63, 3.8) is 0 Å². The van der Waals surface area contributed by atoms with Crippen LogP contribution in [0.15, 0.2) is 101 Å². The third-order valence-corrected chi connectivity index (χ3v) is 7.92. The lowest BCUT2D eigenvalue weighted by molar-refractivity contribution is 0.406. The Morgan fingerprint density at radius 2 is 0.464 bits per heavy atom. The van der Waals surface area contributed by atoms with Gasteiger partial charge in [0.25, 0.3) is 54.3 Å².